The van der Waals surface area contributed by atoms with Crippen LogP contribution in [0.25, 0.3) is 0 Å². The Hall–Kier alpha value is -1.24. The summed E-state index contributed by atoms with van der Waals surface area (Å²) in [6, 6.07) is 0. The molecule has 0 aromatic carbocycles. The summed E-state index contributed by atoms with van der Waals surface area (Å²) in [7, 11) is 2.83. The second kappa shape index (κ2) is 5.39. The summed E-state index contributed by atoms with van der Waals surface area (Å²) >= 11 is 5.74. The third-order valence-corrected chi connectivity index (χ3v) is 2.31. The monoisotopic (exact) mass is 269 g/mol. The number of hydrogen-bond acceptors (Lipinski definition) is 4. The van der Waals surface area contributed by atoms with Crippen molar-refractivity contribution < 1.29 is 17.9 Å². The molecule has 0 N–H and O–H groups in total. The molecule has 4 nitrogen and oxygen atoms in total. The standard InChI is InChI=1S/C9H11ClF3N3O/c1-16(4-3-9(11,12)13)8-6(17-2)7(10)14-5-15-8/h5H,3-4H2,1-2H3. The van der Waals surface area contributed by atoms with Gasteiger partial charge in [-0.25, -0.2) is 9.97 Å². The number of alkyl halides is 3. The van der Waals surface area contributed by atoms with Crippen LogP contribution < -0.4 is 9.64 Å². The fourth-order valence-electron chi connectivity index (χ4n) is 1.19. The summed E-state index contributed by atoms with van der Waals surface area (Å²) in [6.45, 7) is -0.229. The first kappa shape index (κ1) is 13.8. The van der Waals surface area contributed by atoms with Gasteiger partial charge in [-0.15, -0.1) is 0 Å². The lowest BCUT2D eigenvalue weighted by Gasteiger charge is -2.20. The SMILES string of the molecule is COc1c(Cl)ncnc1N(C)CCC(F)(F)F. The number of nitrogens with zero attached hydrogens (tertiary/aromatic N) is 3. The minimum atomic E-state index is -4.21. The van der Waals surface area contributed by atoms with Gasteiger partial charge in [0.1, 0.15) is 6.33 Å². The molecule has 0 aliphatic carbocycles. The fraction of sp³-hybridized carbons (Fsp3) is 0.556. The molecule has 0 saturated carbocycles. The average molecular weight is 270 g/mol. The smallest absolute Gasteiger partial charge is 0.390 e. The minimum Gasteiger partial charge on any atom is -0.490 e. The van der Waals surface area contributed by atoms with E-state index in [2.05, 4.69) is 9.97 Å². The zero-order valence-corrected chi connectivity index (χ0v) is 10.0. The first-order valence-electron chi connectivity index (χ1n) is 4.67. The Balaban J connectivity index is 2.82. The van der Waals surface area contributed by atoms with Crippen LogP contribution in [0.2, 0.25) is 5.15 Å². The Labute approximate surface area is 101 Å². The van der Waals surface area contributed by atoms with Gasteiger partial charge in [0.2, 0.25) is 0 Å². The van der Waals surface area contributed by atoms with E-state index in [1.54, 1.807) is 0 Å². The van der Waals surface area contributed by atoms with E-state index in [0.717, 1.165) is 0 Å². The van der Waals surface area contributed by atoms with Crippen LogP contribution in [0.3, 0.4) is 0 Å². The molecule has 0 fully saturated rings. The second-order valence-electron chi connectivity index (χ2n) is 3.31. The molecular formula is C9H11ClF3N3O. The molecule has 17 heavy (non-hydrogen) atoms. The number of halogens is 4. The Bertz CT molecular complexity index is 386. The molecule has 0 aliphatic rings. The number of methoxy groups -OCH3 is 1. The molecule has 96 valence electrons. The van der Waals surface area contributed by atoms with Gasteiger partial charge in [-0.2, -0.15) is 13.2 Å². The molecule has 0 aliphatic heterocycles. The molecule has 0 saturated heterocycles. The minimum absolute atomic E-state index is 0.0661. The topological polar surface area (TPSA) is 38.3 Å². The van der Waals surface area contributed by atoms with Crippen LogP contribution in [0.1, 0.15) is 6.42 Å². The van der Waals surface area contributed by atoms with E-state index in [-0.39, 0.29) is 23.3 Å². The van der Waals surface area contributed by atoms with Gasteiger partial charge in [-0.05, 0) is 0 Å². The van der Waals surface area contributed by atoms with Crippen LogP contribution in [0.4, 0.5) is 19.0 Å². The van der Waals surface area contributed by atoms with E-state index >= 15 is 0 Å². The van der Waals surface area contributed by atoms with E-state index in [0.29, 0.717) is 0 Å². The highest BCUT2D eigenvalue weighted by Crippen LogP contribution is 2.31. The van der Waals surface area contributed by atoms with Crippen LogP contribution in [0.15, 0.2) is 6.33 Å². The van der Waals surface area contributed by atoms with E-state index in [1.165, 1.54) is 25.4 Å². The van der Waals surface area contributed by atoms with Crippen molar-refractivity contribution in [2.75, 3.05) is 25.6 Å². The summed E-state index contributed by atoms with van der Waals surface area (Å²) in [5, 5.41) is 0.0661. The van der Waals surface area contributed by atoms with Crippen molar-refractivity contribution in [2.45, 2.75) is 12.6 Å². The zero-order chi connectivity index (χ0) is 13.1. The van der Waals surface area contributed by atoms with Gasteiger partial charge in [-0.3, -0.25) is 0 Å². The van der Waals surface area contributed by atoms with Crippen molar-refractivity contribution in [3.8, 4) is 5.75 Å². The Morgan fingerprint density at radius 1 is 1.41 bits per heavy atom. The number of aromatic nitrogens is 2. The highest BCUT2D eigenvalue weighted by atomic mass is 35.5. The molecule has 8 heteroatoms. The second-order valence-corrected chi connectivity index (χ2v) is 3.67. The van der Waals surface area contributed by atoms with Crippen molar-refractivity contribution >= 4 is 17.4 Å². The summed E-state index contributed by atoms with van der Waals surface area (Å²) in [5.41, 5.74) is 0. The third kappa shape index (κ3) is 3.92. The Morgan fingerprint density at radius 2 is 2.06 bits per heavy atom. The molecule has 0 amide bonds. The van der Waals surface area contributed by atoms with Crippen LogP contribution in [0.5, 0.6) is 5.75 Å². The van der Waals surface area contributed by atoms with Crippen molar-refractivity contribution in [3.05, 3.63) is 11.5 Å². The summed E-state index contributed by atoms with van der Waals surface area (Å²) in [5.74, 6) is 0.399. The van der Waals surface area contributed by atoms with Crippen LogP contribution in [-0.4, -0.2) is 36.8 Å². The molecule has 0 spiro atoms. The predicted octanol–water partition coefficient (Wildman–Crippen LogP) is 2.53. The number of rotatable bonds is 4. The molecule has 0 unspecified atom stereocenters. The lowest BCUT2D eigenvalue weighted by molar-refractivity contribution is -0.132. The van der Waals surface area contributed by atoms with Crippen molar-refractivity contribution in [1.29, 1.82) is 0 Å². The van der Waals surface area contributed by atoms with Gasteiger partial charge in [0.05, 0.1) is 13.5 Å². The van der Waals surface area contributed by atoms with Gasteiger partial charge in [0.15, 0.2) is 16.7 Å². The predicted molar refractivity (Wildman–Crippen MR) is 57.5 cm³/mol. The highest BCUT2D eigenvalue weighted by Gasteiger charge is 2.28. The van der Waals surface area contributed by atoms with Crippen LogP contribution >= 0.6 is 11.6 Å². The normalized spacial score (nSPS) is 11.4. The molecule has 1 aromatic heterocycles. The summed E-state index contributed by atoms with van der Waals surface area (Å²) in [4.78, 5) is 8.85. The number of hydrogen-bond donors (Lipinski definition) is 0. The average Bonchev–Trinajstić information content (AvgIpc) is 2.24. The van der Waals surface area contributed by atoms with E-state index < -0.39 is 12.6 Å². The quantitative estimate of drug-likeness (QED) is 0.788. The fourth-order valence-corrected chi connectivity index (χ4v) is 1.40. The number of ether oxygens (including phenoxy) is 1. The zero-order valence-electron chi connectivity index (χ0n) is 9.25. The van der Waals surface area contributed by atoms with Crippen LogP contribution in [-0.2, 0) is 0 Å². The lowest BCUT2D eigenvalue weighted by atomic mass is 10.3. The third-order valence-electron chi connectivity index (χ3n) is 2.04. The van der Waals surface area contributed by atoms with Crippen LogP contribution in [0, 0.1) is 0 Å². The molecule has 0 bridgehead atoms. The van der Waals surface area contributed by atoms with Gasteiger partial charge < -0.3 is 9.64 Å². The van der Waals surface area contributed by atoms with Gasteiger partial charge in [-0.1, -0.05) is 11.6 Å². The lowest BCUT2D eigenvalue weighted by Crippen LogP contribution is -2.25. The molecule has 0 radical (unpaired) electrons. The number of anilines is 1. The summed E-state index contributed by atoms with van der Waals surface area (Å²) < 4.78 is 41.2. The molecule has 1 heterocycles. The maximum absolute atomic E-state index is 12.1. The molecule has 1 aromatic rings. The van der Waals surface area contributed by atoms with E-state index in [4.69, 9.17) is 16.3 Å². The van der Waals surface area contributed by atoms with Gasteiger partial charge >= 0.3 is 6.18 Å². The molecule has 1 rings (SSSR count). The largest absolute Gasteiger partial charge is 0.490 e. The van der Waals surface area contributed by atoms with Crippen molar-refractivity contribution in [3.63, 3.8) is 0 Å². The van der Waals surface area contributed by atoms with E-state index in [9.17, 15) is 13.2 Å². The Kier molecular flexibility index (Phi) is 4.39. The maximum Gasteiger partial charge on any atom is 0.390 e. The molecular weight excluding hydrogens is 259 g/mol. The molecule has 0 atom stereocenters. The van der Waals surface area contributed by atoms with Gasteiger partial charge in [0.25, 0.3) is 0 Å². The summed E-state index contributed by atoms with van der Waals surface area (Å²) in [6.07, 6.45) is -3.98. The highest BCUT2D eigenvalue weighted by molar-refractivity contribution is 6.31. The van der Waals surface area contributed by atoms with Crippen molar-refractivity contribution in [2.24, 2.45) is 0 Å². The first-order valence-corrected chi connectivity index (χ1v) is 5.05. The van der Waals surface area contributed by atoms with E-state index in [1.807, 2.05) is 0 Å². The maximum atomic E-state index is 12.1. The van der Waals surface area contributed by atoms with Gasteiger partial charge in [0, 0.05) is 13.6 Å². The van der Waals surface area contributed by atoms with Crippen molar-refractivity contribution in [1.82, 2.24) is 9.97 Å². The first-order chi connectivity index (χ1) is 7.85. The Morgan fingerprint density at radius 3 is 2.59 bits per heavy atom.